The van der Waals surface area contributed by atoms with Gasteiger partial charge in [-0.1, -0.05) is 12.1 Å². The molecule has 6 heterocycles. The average Bonchev–Trinajstić information content (AvgIpc) is 3.44. The Morgan fingerprint density at radius 2 is 1.70 bits per heavy atom. The molecule has 1 saturated heterocycles. The predicted octanol–water partition coefficient (Wildman–Crippen LogP) is 4.25. The minimum absolute atomic E-state index is 0.184. The van der Waals surface area contributed by atoms with Crippen LogP contribution in [-0.2, 0) is 6.54 Å². The van der Waals surface area contributed by atoms with Gasteiger partial charge in [-0.25, -0.2) is 29.3 Å². The third-order valence-corrected chi connectivity index (χ3v) is 7.65. The molecule has 0 unspecified atom stereocenters. The fourth-order valence-corrected chi connectivity index (χ4v) is 5.42. The molecule has 1 aromatic carbocycles. The minimum atomic E-state index is -0.399. The van der Waals surface area contributed by atoms with Crippen LogP contribution in [0.25, 0.3) is 39.5 Å². The number of fused-ring (bicyclic) bond motifs is 1. The highest BCUT2D eigenvalue weighted by Gasteiger charge is 2.21. The van der Waals surface area contributed by atoms with Crippen molar-refractivity contribution in [3.8, 4) is 34.4 Å². The number of hydrogen-bond acceptors (Lipinski definition) is 10. The number of anilines is 2. The zero-order chi connectivity index (χ0) is 30.0. The van der Waals surface area contributed by atoms with E-state index in [9.17, 15) is 4.39 Å². The largest absolute Gasteiger partial charge is 0.383 e. The van der Waals surface area contributed by atoms with E-state index in [4.69, 9.17) is 16.0 Å². The first-order valence-corrected chi connectivity index (χ1v) is 14.1. The van der Waals surface area contributed by atoms with Crippen LogP contribution in [0.3, 0.4) is 0 Å². The number of benzene rings is 1. The molecular formula is C32H26FN11. The second-order valence-corrected chi connectivity index (χ2v) is 10.4. The van der Waals surface area contributed by atoms with Crippen LogP contribution in [0, 0.1) is 17.1 Å². The Bertz CT molecular complexity index is 1990. The Morgan fingerprint density at radius 3 is 2.45 bits per heavy atom. The molecule has 2 N–H and O–H groups in total. The minimum Gasteiger partial charge on any atom is -0.383 e. The molecular weight excluding hydrogens is 557 g/mol. The average molecular weight is 584 g/mol. The lowest BCUT2D eigenvalue weighted by atomic mass is 10.1. The van der Waals surface area contributed by atoms with Crippen LogP contribution in [0.4, 0.5) is 16.0 Å². The summed E-state index contributed by atoms with van der Waals surface area (Å²) in [6, 6.07) is 20.9. The molecule has 0 amide bonds. The van der Waals surface area contributed by atoms with Gasteiger partial charge in [0, 0.05) is 62.6 Å². The topological polar surface area (TPSA) is 139 Å². The molecule has 0 spiro atoms. The Hall–Kier alpha value is -5.80. The van der Waals surface area contributed by atoms with Crippen molar-refractivity contribution in [1.82, 2.24) is 39.4 Å². The van der Waals surface area contributed by atoms with Gasteiger partial charge in [-0.3, -0.25) is 14.5 Å². The molecule has 5 aromatic heterocycles. The van der Waals surface area contributed by atoms with Crippen molar-refractivity contribution in [2.24, 2.45) is 0 Å². The lowest BCUT2D eigenvalue weighted by Crippen LogP contribution is -2.46. The van der Waals surface area contributed by atoms with E-state index in [-0.39, 0.29) is 5.82 Å². The van der Waals surface area contributed by atoms with Gasteiger partial charge in [-0.15, -0.1) is 0 Å². The highest BCUT2D eigenvalue weighted by Crippen LogP contribution is 2.32. The highest BCUT2D eigenvalue weighted by atomic mass is 19.1. The normalized spacial score (nSPS) is 13.7. The summed E-state index contributed by atoms with van der Waals surface area (Å²) in [5, 5.41) is 9.12. The number of nitrogen functional groups attached to an aromatic ring is 1. The molecule has 1 aliphatic heterocycles. The molecule has 0 aliphatic carbocycles. The number of aromatic nitrogens is 7. The molecule has 6 aromatic rings. The van der Waals surface area contributed by atoms with Crippen molar-refractivity contribution < 1.29 is 4.39 Å². The Labute approximate surface area is 252 Å². The van der Waals surface area contributed by atoms with Gasteiger partial charge in [-0.05, 0) is 54.1 Å². The zero-order valence-corrected chi connectivity index (χ0v) is 23.5. The number of piperazine rings is 1. The first kappa shape index (κ1) is 27.1. The molecule has 216 valence electrons. The van der Waals surface area contributed by atoms with Crippen LogP contribution in [0.5, 0.6) is 0 Å². The van der Waals surface area contributed by atoms with Gasteiger partial charge in [0.25, 0.3) is 0 Å². The summed E-state index contributed by atoms with van der Waals surface area (Å²) < 4.78 is 15.6. The monoisotopic (exact) mass is 583 g/mol. The summed E-state index contributed by atoms with van der Waals surface area (Å²) in [5.41, 5.74) is 11.7. The van der Waals surface area contributed by atoms with Crippen molar-refractivity contribution in [3.05, 3.63) is 103 Å². The van der Waals surface area contributed by atoms with Crippen LogP contribution in [0.1, 0.15) is 11.4 Å². The second-order valence-electron chi connectivity index (χ2n) is 10.4. The molecule has 12 heteroatoms. The summed E-state index contributed by atoms with van der Waals surface area (Å²) in [6.45, 7) is 4.17. The van der Waals surface area contributed by atoms with E-state index in [1.165, 1.54) is 17.8 Å². The van der Waals surface area contributed by atoms with Crippen molar-refractivity contribution in [3.63, 3.8) is 0 Å². The summed E-state index contributed by atoms with van der Waals surface area (Å²) in [7, 11) is 0. The van der Waals surface area contributed by atoms with Crippen LogP contribution in [-0.4, -0.2) is 65.5 Å². The third kappa shape index (κ3) is 5.28. The summed E-state index contributed by atoms with van der Waals surface area (Å²) in [5.74, 6) is 1.56. The number of rotatable bonds is 6. The molecule has 11 nitrogen and oxygen atoms in total. The van der Waals surface area contributed by atoms with Crippen molar-refractivity contribution in [2.75, 3.05) is 36.8 Å². The molecule has 7 rings (SSSR count). The van der Waals surface area contributed by atoms with Crippen LogP contribution < -0.4 is 10.6 Å². The lowest BCUT2D eigenvalue weighted by Gasteiger charge is -2.35. The van der Waals surface area contributed by atoms with Gasteiger partial charge in [0.1, 0.15) is 23.5 Å². The molecule has 0 atom stereocenters. The number of nitrogens with zero attached hydrogens (tertiary/aromatic N) is 10. The quantitative estimate of drug-likeness (QED) is 0.303. The summed E-state index contributed by atoms with van der Waals surface area (Å²) >= 11 is 0. The van der Waals surface area contributed by atoms with Crippen LogP contribution in [0.2, 0.25) is 0 Å². The first-order valence-electron chi connectivity index (χ1n) is 14.1. The molecule has 1 fully saturated rings. The Kier molecular flexibility index (Phi) is 7.05. The number of nitriles is 1. The third-order valence-electron chi connectivity index (χ3n) is 7.65. The van der Waals surface area contributed by atoms with E-state index >= 15 is 0 Å². The maximum atomic E-state index is 13.5. The van der Waals surface area contributed by atoms with Crippen LogP contribution in [0.15, 0.2) is 85.5 Å². The smallest absolute Gasteiger partial charge is 0.234 e. The summed E-state index contributed by atoms with van der Waals surface area (Å²) in [4.78, 5) is 30.8. The molecule has 0 saturated carbocycles. The van der Waals surface area contributed by atoms with Gasteiger partial charge in [-0.2, -0.15) is 5.26 Å². The first-order chi connectivity index (χ1) is 21.6. The number of pyridine rings is 3. The van der Waals surface area contributed by atoms with Crippen molar-refractivity contribution in [1.29, 1.82) is 5.26 Å². The van der Waals surface area contributed by atoms with Gasteiger partial charge >= 0.3 is 0 Å². The number of hydrogen-bond donors (Lipinski definition) is 1. The number of nitrogens with two attached hydrogens (primary N) is 1. The van der Waals surface area contributed by atoms with E-state index in [2.05, 4.69) is 59.0 Å². The molecule has 0 bridgehead atoms. The van der Waals surface area contributed by atoms with Crippen molar-refractivity contribution >= 4 is 22.8 Å². The zero-order valence-electron chi connectivity index (χ0n) is 23.5. The van der Waals surface area contributed by atoms with E-state index in [1.54, 1.807) is 24.7 Å². The SMILES string of the molecule is N#Cc1nccc(N2CCN(Cc3ccc(-n4c(-c5cccnc5N)nc5ncc(-c6ccc(F)cn6)cc54)cc3)CC2)n1. The van der Waals surface area contributed by atoms with E-state index < -0.39 is 5.82 Å². The van der Waals surface area contributed by atoms with Crippen LogP contribution >= 0.6 is 0 Å². The number of halogens is 1. The maximum absolute atomic E-state index is 13.5. The highest BCUT2D eigenvalue weighted by molar-refractivity contribution is 5.85. The Morgan fingerprint density at radius 1 is 0.864 bits per heavy atom. The number of imidazole rings is 1. The van der Waals surface area contributed by atoms with Crippen molar-refractivity contribution in [2.45, 2.75) is 6.54 Å². The Balaban J connectivity index is 1.17. The van der Waals surface area contributed by atoms with E-state index in [0.717, 1.165) is 55.3 Å². The van der Waals surface area contributed by atoms with Gasteiger partial charge < -0.3 is 10.6 Å². The molecule has 0 radical (unpaired) electrons. The standard InChI is InChI=1S/C32H26FN11/c33-23-5-8-26(38-19-23)22-16-27-31(39-18-22)41-32(25-2-1-10-37-30(25)35)44(27)24-6-3-21(4-7-24)20-42-12-14-43(15-13-42)29-9-11-36-28(17-34)40-29/h1-11,16,18-19H,12-15,20H2,(H2,35,37). The lowest BCUT2D eigenvalue weighted by molar-refractivity contribution is 0.249. The van der Waals surface area contributed by atoms with E-state index in [0.29, 0.717) is 28.5 Å². The van der Waals surface area contributed by atoms with Gasteiger partial charge in [0.05, 0.1) is 23.0 Å². The molecule has 44 heavy (non-hydrogen) atoms. The second kappa shape index (κ2) is 11.5. The molecule has 1 aliphatic rings. The fourth-order valence-electron chi connectivity index (χ4n) is 5.42. The van der Waals surface area contributed by atoms with Gasteiger partial charge in [0.15, 0.2) is 11.5 Å². The van der Waals surface area contributed by atoms with E-state index in [1.807, 2.05) is 34.9 Å². The van der Waals surface area contributed by atoms with Gasteiger partial charge in [0.2, 0.25) is 5.82 Å². The fraction of sp³-hybridized carbons (Fsp3) is 0.156. The predicted molar refractivity (Wildman–Crippen MR) is 164 cm³/mol. The maximum Gasteiger partial charge on any atom is 0.234 e. The summed E-state index contributed by atoms with van der Waals surface area (Å²) in [6.07, 6.45) is 6.15.